The number of halogens is 1. The van der Waals surface area contributed by atoms with Gasteiger partial charge in [0, 0.05) is 21.5 Å². The maximum Gasteiger partial charge on any atom is 0.306 e. The fourth-order valence-electron chi connectivity index (χ4n) is 1.70. The summed E-state index contributed by atoms with van der Waals surface area (Å²) in [4.78, 5) is 11.1. The predicted molar refractivity (Wildman–Crippen MR) is 84.2 cm³/mol. The molecule has 0 aromatic heterocycles. The molecule has 2 atom stereocenters. The van der Waals surface area contributed by atoms with Crippen LogP contribution in [-0.2, 0) is 9.53 Å². The first kappa shape index (κ1) is 16.5. The Hall–Kier alpha value is -0.520. The fourth-order valence-corrected chi connectivity index (χ4v) is 3.30. The lowest BCUT2D eigenvalue weighted by molar-refractivity contribution is -0.140. The summed E-state index contributed by atoms with van der Waals surface area (Å²) >= 11 is 5.15. The highest BCUT2D eigenvalue weighted by atomic mass is 79.9. The first-order chi connectivity index (χ1) is 9.08. The lowest BCUT2D eigenvalue weighted by Gasteiger charge is -2.23. The minimum absolute atomic E-state index is 0.0869. The Kier molecular flexibility index (Phi) is 7.49. The first-order valence-corrected chi connectivity index (χ1v) is 8.12. The van der Waals surface area contributed by atoms with Crippen LogP contribution in [0.5, 0.6) is 0 Å². The molecule has 3 nitrogen and oxygen atoms in total. The van der Waals surface area contributed by atoms with Crippen LogP contribution in [0.25, 0.3) is 0 Å². The van der Waals surface area contributed by atoms with Crippen LogP contribution in [0.1, 0.15) is 30.6 Å². The summed E-state index contributed by atoms with van der Waals surface area (Å²) < 4.78 is 5.71. The minimum atomic E-state index is -0.174. The molecule has 0 spiro atoms. The highest BCUT2D eigenvalue weighted by molar-refractivity contribution is 9.10. The van der Waals surface area contributed by atoms with E-state index < -0.39 is 0 Å². The number of hydrogen-bond acceptors (Lipinski definition) is 4. The summed E-state index contributed by atoms with van der Waals surface area (Å²) in [5.74, 6) is 0.549. The molecule has 2 unspecified atom stereocenters. The Morgan fingerprint density at radius 3 is 2.58 bits per heavy atom. The number of thioether (sulfide) groups is 1. The lowest BCUT2D eigenvalue weighted by Crippen LogP contribution is -2.26. The number of methoxy groups -OCH3 is 1. The van der Waals surface area contributed by atoms with Crippen molar-refractivity contribution in [2.45, 2.75) is 31.1 Å². The summed E-state index contributed by atoms with van der Waals surface area (Å²) in [6.07, 6.45) is 1.33. The molecule has 0 heterocycles. The summed E-state index contributed by atoms with van der Waals surface area (Å²) in [5.41, 5.74) is 7.39. The Balaban J connectivity index is 2.67. The van der Waals surface area contributed by atoms with Crippen molar-refractivity contribution >= 4 is 33.7 Å². The molecule has 19 heavy (non-hydrogen) atoms. The van der Waals surface area contributed by atoms with E-state index in [-0.39, 0.29) is 17.3 Å². The third kappa shape index (κ3) is 5.55. The summed E-state index contributed by atoms with van der Waals surface area (Å²) in [6.45, 7) is 2.08. The van der Waals surface area contributed by atoms with E-state index in [1.807, 2.05) is 12.1 Å². The first-order valence-electron chi connectivity index (χ1n) is 6.28. The molecule has 1 aromatic carbocycles. The SMILES string of the molecule is CCC(N)C(SCCC(=O)OC)c1ccc(Br)cc1. The molecule has 106 valence electrons. The van der Waals surface area contributed by atoms with Crippen LogP contribution in [-0.4, -0.2) is 24.9 Å². The van der Waals surface area contributed by atoms with Crippen LogP contribution in [0.15, 0.2) is 28.7 Å². The molecule has 1 aromatic rings. The Morgan fingerprint density at radius 1 is 1.42 bits per heavy atom. The van der Waals surface area contributed by atoms with Gasteiger partial charge in [0.05, 0.1) is 13.5 Å². The van der Waals surface area contributed by atoms with Crippen molar-refractivity contribution in [2.24, 2.45) is 5.73 Å². The van der Waals surface area contributed by atoms with E-state index in [1.54, 1.807) is 11.8 Å². The van der Waals surface area contributed by atoms with Crippen LogP contribution in [0, 0.1) is 0 Å². The molecule has 0 aliphatic rings. The van der Waals surface area contributed by atoms with Gasteiger partial charge >= 0.3 is 5.97 Å². The monoisotopic (exact) mass is 345 g/mol. The molecule has 0 radical (unpaired) electrons. The molecule has 0 saturated heterocycles. The molecular formula is C14H20BrNO2S. The van der Waals surface area contributed by atoms with Crippen molar-refractivity contribution in [3.63, 3.8) is 0 Å². The van der Waals surface area contributed by atoms with Gasteiger partial charge in [-0.05, 0) is 24.1 Å². The molecule has 5 heteroatoms. The third-order valence-electron chi connectivity index (χ3n) is 2.89. The van der Waals surface area contributed by atoms with Crippen LogP contribution in [0.4, 0.5) is 0 Å². The number of benzene rings is 1. The summed E-state index contributed by atoms with van der Waals surface area (Å²) in [7, 11) is 1.41. The van der Waals surface area contributed by atoms with Crippen LogP contribution < -0.4 is 5.73 Å². The van der Waals surface area contributed by atoms with Crippen molar-refractivity contribution in [3.05, 3.63) is 34.3 Å². The second-order valence-corrected chi connectivity index (χ2v) is 6.41. The average molecular weight is 346 g/mol. The smallest absolute Gasteiger partial charge is 0.306 e. The minimum Gasteiger partial charge on any atom is -0.469 e. The van der Waals surface area contributed by atoms with Gasteiger partial charge in [-0.2, -0.15) is 11.8 Å². The Labute approximate surface area is 127 Å². The second kappa shape index (κ2) is 8.61. The van der Waals surface area contributed by atoms with Gasteiger partial charge in [-0.3, -0.25) is 4.79 Å². The van der Waals surface area contributed by atoms with E-state index in [2.05, 4.69) is 39.7 Å². The molecule has 0 fully saturated rings. The van der Waals surface area contributed by atoms with E-state index in [0.29, 0.717) is 6.42 Å². The van der Waals surface area contributed by atoms with Gasteiger partial charge in [0.1, 0.15) is 0 Å². The zero-order valence-electron chi connectivity index (χ0n) is 11.3. The van der Waals surface area contributed by atoms with E-state index >= 15 is 0 Å². The third-order valence-corrected chi connectivity index (χ3v) is 4.84. The predicted octanol–water partition coefficient (Wildman–Crippen LogP) is 3.52. The molecule has 0 saturated carbocycles. The largest absolute Gasteiger partial charge is 0.469 e. The van der Waals surface area contributed by atoms with E-state index in [9.17, 15) is 4.79 Å². The number of carbonyl (C=O) groups excluding carboxylic acids is 1. The standard InChI is InChI=1S/C14H20BrNO2S/c1-3-12(16)14(19-9-8-13(17)18-2)10-4-6-11(15)7-5-10/h4-7,12,14H,3,8-9,16H2,1-2H3. The zero-order valence-corrected chi connectivity index (χ0v) is 13.7. The van der Waals surface area contributed by atoms with Crippen LogP contribution >= 0.6 is 27.7 Å². The van der Waals surface area contributed by atoms with Crippen molar-refractivity contribution in [2.75, 3.05) is 12.9 Å². The maximum absolute atomic E-state index is 11.1. The van der Waals surface area contributed by atoms with Crippen molar-refractivity contribution in [1.29, 1.82) is 0 Å². The normalized spacial score (nSPS) is 13.9. The Morgan fingerprint density at radius 2 is 2.05 bits per heavy atom. The number of ether oxygens (including phenoxy) is 1. The number of hydrogen-bond donors (Lipinski definition) is 1. The van der Waals surface area contributed by atoms with Crippen molar-refractivity contribution < 1.29 is 9.53 Å². The van der Waals surface area contributed by atoms with E-state index in [1.165, 1.54) is 12.7 Å². The molecule has 0 bridgehead atoms. The molecule has 0 amide bonds. The number of rotatable bonds is 7. The molecule has 2 N–H and O–H groups in total. The van der Waals surface area contributed by atoms with Gasteiger partial charge in [-0.25, -0.2) is 0 Å². The van der Waals surface area contributed by atoms with Gasteiger partial charge in [0.2, 0.25) is 0 Å². The van der Waals surface area contributed by atoms with E-state index in [4.69, 9.17) is 5.73 Å². The molecule has 0 aliphatic carbocycles. The van der Waals surface area contributed by atoms with Gasteiger partial charge in [0.15, 0.2) is 0 Å². The molecular weight excluding hydrogens is 326 g/mol. The fraction of sp³-hybridized carbons (Fsp3) is 0.500. The summed E-state index contributed by atoms with van der Waals surface area (Å²) in [6, 6.07) is 8.28. The second-order valence-electron chi connectivity index (χ2n) is 4.24. The average Bonchev–Trinajstić information content (AvgIpc) is 2.43. The van der Waals surface area contributed by atoms with Crippen molar-refractivity contribution in [1.82, 2.24) is 0 Å². The quantitative estimate of drug-likeness (QED) is 0.768. The van der Waals surface area contributed by atoms with Gasteiger partial charge < -0.3 is 10.5 Å². The number of carbonyl (C=O) groups is 1. The van der Waals surface area contributed by atoms with Crippen LogP contribution in [0.2, 0.25) is 0 Å². The van der Waals surface area contributed by atoms with Crippen LogP contribution in [0.3, 0.4) is 0 Å². The maximum atomic E-state index is 11.1. The van der Waals surface area contributed by atoms with Gasteiger partial charge in [0.25, 0.3) is 0 Å². The topological polar surface area (TPSA) is 52.3 Å². The van der Waals surface area contributed by atoms with Crippen molar-refractivity contribution in [3.8, 4) is 0 Å². The lowest BCUT2D eigenvalue weighted by atomic mass is 10.0. The van der Waals surface area contributed by atoms with Gasteiger partial charge in [-0.15, -0.1) is 0 Å². The summed E-state index contributed by atoms with van der Waals surface area (Å²) in [5, 5.41) is 0.211. The van der Waals surface area contributed by atoms with Gasteiger partial charge in [-0.1, -0.05) is 35.0 Å². The zero-order chi connectivity index (χ0) is 14.3. The Bertz CT molecular complexity index is 397. The highest BCUT2D eigenvalue weighted by Crippen LogP contribution is 2.33. The molecule has 0 aliphatic heterocycles. The van der Waals surface area contributed by atoms with E-state index in [0.717, 1.165) is 16.6 Å². The number of nitrogens with two attached hydrogens (primary N) is 1. The molecule has 1 rings (SSSR count). The number of esters is 1. The highest BCUT2D eigenvalue weighted by Gasteiger charge is 2.19.